The highest BCUT2D eigenvalue weighted by Gasteiger charge is 2.02. The van der Waals surface area contributed by atoms with Gasteiger partial charge in [-0.15, -0.1) is 0 Å². The molecule has 2 N–H and O–H groups in total. The molecular weight excluding hydrogens is 405 g/mol. The molecule has 23 heavy (non-hydrogen) atoms. The lowest BCUT2D eigenvalue weighted by Gasteiger charge is -2.06. The van der Waals surface area contributed by atoms with Crippen LogP contribution in [0.1, 0.15) is 12.5 Å². The van der Waals surface area contributed by atoms with Gasteiger partial charge in [0.15, 0.2) is 0 Å². The highest BCUT2D eigenvalue weighted by Crippen LogP contribution is 2.12. The molecule has 0 aromatic heterocycles. The fourth-order valence-electron chi connectivity index (χ4n) is 1.83. The summed E-state index contributed by atoms with van der Waals surface area (Å²) in [4.78, 5) is 11.8. The summed E-state index contributed by atoms with van der Waals surface area (Å²) in [6.45, 7) is 2.01. The lowest BCUT2D eigenvalue weighted by Crippen LogP contribution is -2.26. The number of carbonyl (C=O) groups excluding carboxylic acids is 1. The third-order valence-electron chi connectivity index (χ3n) is 3.15. The molecule has 120 valence electrons. The quantitative estimate of drug-likeness (QED) is 0.426. The van der Waals surface area contributed by atoms with Gasteiger partial charge in [0.05, 0.1) is 19.4 Å². The predicted molar refractivity (Wildman–Crippen MR) is 101 cm³/mol. The zero-order chi connectivity index (χ0) is 16.7. The Hall–Kier alpha value is -2.09. The van der Waals surface area contributed by atoms with E-state index in [0.717, 1.165) is 26.3 Å². The third-order valence-corrected chi connectivity index (χ3v) is 3.87. The molecule has 5 nitrogen and oxygen atoms in total. The summed E-state index contributed by atoms with van der Waals surface area (Å²) in [5.41, 5.74) is 5.10. The van der Waals surface area contributed by atoms with Crippen molar-refractivity contribution in [1.29, 1.82) is 0 Å². The van der Waals surface area contributed by atoms with Crippen molar-refractivity contribution < 1.29 is 9.53 Å². The smallest absolute Gasteiger partial charge is 0.259 e. The molecule has 0 aliphatic carbocycles. The summed E-state index contributed by atoms with van der Waals surface area (Å²) < 4.78 is 6.26. The number of hydrogen-bond donors (Lipinski definition) is 2. The van der Waals surface area contributed by atoms with Crippen LogP contribution in [0, 0.1) is 3.57 Å². The van der Waals surface area contributed by atoms with Gasteiger partial charge >= 0.3 is 0 Å². The van der Waals surface area contributed by atoms with Crippen molar-refractivity contribution in [1.82, 2.24) is 5.43 Å². The van der Waals surface area contributed by atoms with E-state index in [4.69, 9.17) is 4.74 Å². The largest absolute Gasteiger partial charge is 0.497 e. The van der Waals surface area contributed by atoms with E-state index in [1.54, 1.807) is 7.11 Å². The zero-order valence-electron chi connectivity index (χ0n) is 13.0. The molecule has 0 aliphatic rings. The van der Waals surface area contributed by atoms with E-state index < -0.39 is 0 Å². The minimum atomic E-state index is -0.198. The first kappa shape index (κ1) is 17.3. The number of benzene rings is 2. The normalized spacial score (nSPS) is 11.0. The first-order valence-electron chi connectivity index (χ1n) is 7.05. The van der Waals surface area contributed by atoms with Crippen molar-refractivity contribution in [3.8, 4) is 5.75 Å². The Morgan fingerprint density at radius 1 is 1.13 bits per heavy atom. The van der Waals surface area contributed by atoms with Crippen LogP contribution < -0.4 is 15.5 Å². The Kier molecular flexibility index (Phi) is 6.40. The van der Waals surface area contributed by atoms with Crippen LogP contribution in [-0.4, -0.2) is 25.3 Å². The number of halogens is 1. The fraction of sp³-hybridized carbons (Fsp3) is 0.176. The minimum Gasteiger partial charge on any atom is -0.497 e. The van der Waals surface area contributed by atoms with Crippen molar-refractivity contribution in [3.63, 3.8) is 0 Å². The second kappa shape index (κ2) is 8.52. The van der Waals surface area contributed by atoms with Crippen LogP contribution in [-0.2, 0) is 4.79 Å². The molecule has 0 heterocycles. The van der Waals surface area contributed by atoms with E-state index in [9.17, 15) is 4.79 Å². The molecule has 2 aromatic rings. The van der Waals surface area contributed by atoms with E-state index >= 15 is 0 Å². The first-order chi connectivity index (χ1) is 11.1. The summed E-state index contributed by atoms with van der Waals surface area (Å²) in [7, 11) is 1.62. The molecule has 0 radical (unpaired) electrons. The number of carbonyl (C=O) groups is 1. The van der Waals surface area contributed by atoms with Gasteiger partial charge in [-0.1, -0.05) is 0 Å². The van der Waals surface area contributed by atoms with E-state index in [1.807, 2.05) is 55.5 Å². The monoisotopic (exact) mass is 423 g/mol. The van der Waals surface area contributed by atoms with Gasteiger partial charge in [0, 0.05) is 9.26 Å². The average Bonchev–Trinajstić information content (AvgIpc) is 2.59. The SMILES string of the molecule is COc1ccc(/C(C)=N\NC(=O)CNc2ccc(I)cc2)cc1. The lowest BCUT2D eigenvalue weighted by atomic mass is 10.1. The summed E-state index contributed by atoms with van der Waals surface area (Å²) in [6.07, 6.45) is 0. The number of hydrogen-bond acceptors (Lipinski definition) is 4. The summed E-state index contributed by atoms with van der Waals surface area (Å²) in [6, 6.07) is 15.3. The van der Waals surface area contributed by atoms with Crippen molar-refractivity contribution in [2.75, 3.05) is 19.0 Å². The van der Waals surface area contributed by atoms with Crippen LogP contribution in [0.4, 0.5) is 5.69 Å². The maximum absolute atomic E-state index is 11.8. The van der Waals surface area contributed by atoms with Crippen molar-refractivity contribution in [2.24, 2.45) is 5.10 Å². The fourth-order valence-corrected chi connectivity index (χ4v) is 2.19. The van der Waals surface area contributed by atoms with Gasteiger partial charge in [-0.05, 0) is 83.6 Å². The third kappa shape index (κ3) is 5.55. The summed E-state index contributed by atoms with van der Waals surface area (Å²) >= 11 is 2.24. The van der Waals surface area contributed by atoms with E-state index in [1.165, 1.54) is 0 Å². The molecule has 0 aliphatic heterocycles. The molecule has 0 unspecified atom stereocenters. The molecule has 2 rings (SSSR count). The topological polar surface area (TPSA) is 62.7 Å². The number of amides is 1. The standard InChI is InChI=1S/C17H18IN3O2/c1-12(13-3-9-16(23-2)10-4-13)20-21-17(22)11-19-15-7-5-14(18)6-8-15/h3-10,19H,11H2,1-2H3,(H,21,22)/b20-12-. The molecule has 0 saturated heterocycles. The second-order valence-corrected chi connectivity index (χ2v) is 6.07. The molecule has 0 bridgehead atoms. The predicted octanol–water partition coefficient (Wildman–Crippen LogP) is 3.25. The number of anilines is 1. The Morgan fingerprint density at radius 2 is 1.78 bits per heavy atom. The Bertz CT molecular complexity index is 682. The molecule has 0 spiro atoms. The number of nitrogens with zero attached hydrogens (tertiary/aromatic N) is 1. The van der Waals surface area contributed by atoms with Gasteiger partial charge in [-0.2, -0.15) is 5.10 Å². The molecule has 2 aromatic carbocycles. The Morgan fingerprint density at radius 3 is 2.39 bits per heavy atom. The first-order valence-corrected chi connectivity index (χ1v) is 8.13. The van der Waals surface area contributed by atoms with Crippen LogP contribution in [0.5, 0.6) is 5.75 Å². The van der Waals surface area contributed by atoms with E-state index in [2.05, 4.69) is 38.4 Å². The van der Waals surface area contributed by atoms with Crippen molar-refractivity contribution >= 4 is 39.9 Å². The highest BCUT2D eigenvalue weighted by atomic mass is 127. The highest BCUT2D eigenvalue weighted by molar-refractivity contribution is 14.1. The van der Waals surface area contributed by atoms with Gasteiger partial charge in [-0.25, -0.2) is 5.43 Å². The number of hydrazone groups is 1. The van der Waals surface area contributed by atoms with Gasteiger partial charge in [0.1, 0.15) is 5.75 Å². The molecule has 0 atom stereocenters. The summed E-state index contributed by atoms with van der Waals surface area (Å²) in [5, 5.41) is 7.16. The summed E-state index contributed by atoms with van der Waals surface area (Å²) in [5.74, 6) is 0.587. The Labute approximate surface area is 149 Å². The molecule has 6 heteroatoms. The number of methoxy groups -OCH3 is 1. The van der Waals surface area contributed by atoms with E-state index in [-0.39, 0.29) is 12.5 Å². The van der Waals surface area contributed by atoms with Crippen LogP contribution in [0.25, 0.3) is 0 Å². The van der Waals surface area contributed by atoms with Gasteiger partial charge in [0.2, 0.25) is 0 Å². The van der Waals surface area contributed by atoms with Crippen LogP contribution >= 0.6 is 22.6 Å². The van der Waals surface area contributed by atoms with Crippen molar-refractivity contribution in [3.05, 3.63) is 57.7 Å². The average molecular weight is 423 g/mol. The Balaban J connectivity index is 1.85. The zero-order valence-corrected chi connectivity index (χ0v) is 15.1. The van der Waals surface area contributed by atoms with Gasteiger partial charge in [0.25, 0.3) is 5.91 Å². The molecule has 0 fully saturated rings. The van der Waals surface area contributed by atoms with Gasteiger partial charge in [-0.3, -0.25) is 4.79 Å². The van der Waals surface area contributed by atoms with Gasteiger partial charge < -0.3 is 10.1 Å². The van der Waals surface area contributed by atoms with Crippen LogP contribution in [0.3, 0.4) is 0 Å². The minimum absolute atomic E-state index is 0.167. The molecular formula is C17H18IN3O2. The number of ether oxygens (including phenoxy) is 1. The van der Waals surface area contributed by atoms with E-state index in [0.29, 0.717) is 0 Å². The maximum Gasteiger partial charge on any atom is 0.259 e. The maximum atomic E-state index is 11.8. The van der Waals surface area contributed by atoms with Crippen LogP contribution in [0.15, 0.2) is 53.6 Å². The number of nitrogens with one attached hydrogen (secondary N) is 2. The second-order valence-electron chi connectivity index (χ2n) is 4.82. The molecule has 1 amide bonds. The molecule has 0 saturated carbocycles. The van der Waals surface area contributed by atoms with Crippen molar-refractivity contribution in [2.45, 2.75) is 6.92 Å². The lowest BCUT2D eigenvalue weighted by molar-refractivity contribution is -0.119. The number of rotatable bonds is 6. The van der Waals surface area contributed by atoms with Crippen LogP contribution in [0.2, 0.25) is 0 Å².